The van der Waals surface area contributed by atoms with E-state index in [1.54, 1.807) is 6.07 Å². The van der Waals surface area contributed by atoms with E-state index in [9.17, 15) is 4.79 Å². The molecule has 0 aliphatic heterocycles. The first-order valence-corrected chi connectivity index (χ1v) is 6.44. The van der Waals surface area contributed by atoms with Gasteiger partial charge >= 0.3 is 5.63 Å². The van der Waals surface area contributed by atoms with E-state index in [2.05, 4.69) is 19.4 Å². The van der Waals surface area contributed by atoms with Gasteiger partial charge in [-0.3, -0.25) is 0 Å². The van der Waals surface area contributed by atoms with Crippen molar-refractivity contribution in [3.63, 3.8) is 0 Å². The molecule has 0 bridgehead atoms. The highest BCUT2D eigenvalue weighted by molar-refractivity contribution is 5.95. The second-order valence-electron chi connectivity index (χ2n) is 4.91. The molecule has 4 N–H and O–H groups in total. The summed E-state index contributed by atoms with van der Waals surface area (Å²) in [5, 5.41) is 4.10. The highest BCUT2D eigenvalue weighted by Crippen LogP contribution is 2.26. The molecule has 0 saturated heterocycles. The molecular formula is C14H20N3O2+. The number of benzene rings is 1. The van der Waals surface area contributed by atoms with Gasteiger partial charge in [0.2, 0.25) is 0 Å². The van der Waals surface area contributed by atoms with Crippen LogP contribution in [0.25, 0.3) is 11.0 Å². The van der Waals surface area contributed by atoms with E-state index in [-0.39, 0.29) is 5.69 Å². The summed E-state index contributed by atoms with van der Waals surface area (Å²) in [7, 11) is 4.22. The molecule has 1 aromatic carbocycles. The Labute approximate surface area is 112 Å². The van der Waals surface area contributed by atoms with Gasteiger partial charge in [0.15, 0.2) is 0 Å². The number of nitrogens with one attached hydrogen (secondary N) is 2. The topological polar surface area (TPSA) is 72.7 Å². The molecule has 0 atom stereocenters. The standard InChI is InChI=1S/C14H19N3O2/c1-17(2)9-5-8-16-13-10-6-3-4-7-11(10)19-14(18)12(13)15/h3-4,6-7,16H,5,8-9,15H2,1-2H3/p+1. The van der Waals surface area contributed by atoms with Crippen LogP contribution in [-0.4, -0.2) is 27.2 Å². The Morgan fingerprint density at radius 1 is 1.32 bits per heavy atom. The number of fused-ring (bicyclic) bond motifs is 1. The minimum atomic E-state index is -0.487. The van der Waals surface area contributed by atoms with Crippen molar-refractivity contribution in [1.29, 1.82) is 0 Å². The van der Waals surface area contributed by atoms with E-state index in [1.807, 2.05) is 18.2 Å². The minimum absolute atomic E-state index is 0.149. The molecular weight excluding hydrogens is 242 g/mol. The molecule has 19 heavy (non-hydrogen) atoms. The molecule has 1 heterocycles. The van der Waals surface area contributed by atoms with E-state index in [1.165, 1.54) is 4.90 Å². The minimum Gasteiger partial charge on any atom is -0.421 e. The Hall–Kier alpha value is -2.01. The maximum Gasteiger partial charge on any atom is 0.361 e. The molecule has 102 valence electrons. The number of hydrogen-bond acceptors (Lipinski definition) is 4. The van der Waals surface area contributed by atoms with Crippen LogP contribution in [0.4, 0.5) is 11.4 Å². The van der Waals surface area contributed by atoms with E-state index in [0.29, 0.717) is 11.3 Å². The predicted octanol–water partition coefficient (Wildman–Crippen LogP) is 0.322. The Balaban J connectivity index is 2.25. The van der Waals surface area contributed by atoms with Gasteiger partial charge in [-0.2, -0.15) is 0 Å². The lowest BCUT2D eigenvalue weighted by Crippen LogP contribution is -3.05. The Morgan fingerprint density at radius 3 is 2.79 bits per heavy atom. The molecule has 0 spiro atoms. The van der Waals surface area contributed by atoms with Crippen LogP contribution in [0.15, 0.2) is 33.5 Å². The normalized spacial score (nSPS) is 11.1. The van der Waals surface area contributed by atoms with Crippen LogP contribution in [-0.2, 0) is 0 Å². The van der Waals surface area contributed by atoms with Crippen LogP contribution in [0.5, 0.6) is 0 Å². The van der Waals surface area contributed by atoms with Crippen molar-refractivity contribution in [1.82, 2.24) is 0 Å². The molecule has 5 nitrogen and oxygen atoms in total. The van der Waals surface area contributed by atoms with E-state index >= 15 is 0 Å². The first kappa shape index (κ1) is 13.4. The summed E-state index contributed by atoms with van der Waals surface area (Å²) in [6.45, 7) is 1.84. The third-order valence-corrected chi connectivity index (χ3v) is 3.00. The van der Waals surface area contributed by atoms with Crippen LogP contribution >= 0.6 is 0 Å². The Bertz CT molecular complexity index is 620. The zero-order valence-corrected chi connectivity index (χ0v) is 11.3. The van der Waals surface area contributed by atoms with Crippen molar-refractivity contribution in [3.05, 3.63) is 34.7 Å². The first-order chi connectivity index (χ1) is 9.09. The summed E-state index contributed by atoms with van der Waals surface area (Å²) >= 11 is 0. The second kappa shape index (κ2) is 5.75. The van der Waals surface area contributed by atoms with E-state index in [0.717, 1.165) is 24.9 Å². The average Bonchev–Trinajstić information content (AvgIpc) is 2.38. The van der Waals surface area contributed by atoms with Crippen molar-refractivity contribution in [3.8, 4) is 0 Å². The van der Waals surface area contributed by atoms with Crippen LogP contribution < -0.4 is 21.6 Å². The van der Waals surface area contributed by atoms with Crippen molar-refractivity contribution in [2.24, 2.45) is 0 Å². The summed E-state index contributed by atoms with van der Waals surface area (Å²) in [4.78, 5) is 13.1. The summed E-state index contributed by atoms with van der Waals surface area (Å²) in [6, 6.07) is 7.40. The number of hydrogen-bond donors (Lipinski definition) is 3. The molecule has 5 heteroatoms. The highest BCUT2D eigenvalue weighted by atomic mass is 16.4. The van der Waals surface area contributed by atoms with Crippen molar-refractivity contribution in [2.75, 3.05) is 38.2 Å². The molecule has 0 fully saturated rings. The average molecular weight is 262 g/mol. The number of rotatable bonds is 5. The lowest BCUT2D eigenvalue weighted by molar-refractivity contribution is -0.858. The lowest BCUT2D eigenvalue weighted by atomic mass is 10.2. The lowest BCUT2D eigenvalue weighted by Gasteiger charge is -2.12. The Kier molecular flexibility index (Phi) is 4.06. The first-order valence-electron chi connectivity index (χ1n) is 6.44. The SMILES string of the molecule is C[NH+](C)CCCNc1c(N)c(=O)oc2ccccc12. The maximum atomic E-state index is 11.7. The monoisotopic (exact) mass is 262 g/mol. The van der Waals surface area contributed by atoms with Crippen LogP contribution in [0.1, 0.15) is 6.42 Å². The van der Waals surface area contributed by atoms with E-state index in [4.69, 9.17) is 10.2 Å². The summed E-state index contributed by atoms with van der Waals surface area (Å²) in [5.74, 6) is 0. The molecule has 0 aliphatic carbocycles. The van der Waals surface area contributed by atoms with Gasteiger partial charge in [0, 0.05) is 18.4 Å². The second-order valence-corrected chi connectivity index (χ2v) is 4.91. The van der Waals surface area contributed by atoms with Crippen LogP contribution in [0.2, 0.25) is 0 Å². The predicted molar refractivity (Wildman–Crippen MR) is 77.7 cm³/mol. The summed E-state index contributed by atoms with van der Waals surface area (Å²) < 4.78 is 5.15. The number of nitrogens with two attached hydrogens (primary N) is 1. The van der Waals surface area contributed by atoms with Gasteiger partial charge in [0.05, 0.1) is 26.3 Å². The molecule has 0 radical (unpaired) electrons. The van der Waals surface area contributed by atoms with Gasteiger partial charge in [-0.05, 0) is 12.1 Å². The third-order valence-electron chi connectivity index (χ3n) is 3.00. The number of para-hydroxylation sites is 1. The van der Waals surface area contributed by atoms with Crippen molar-refractivity contribution < 1.29 is 9.32 Å². The highest BCUT2D eigenvalue weighted by Gasteiger charge is 2.10. The van der Waals surface area contributed by atoms with E-state index < -0.39 is 5.63 Å². The quantitative estimate of drug-likeness (QED) is 0.536. The molecule has 0 saturated carbocycles. The smallest absolute Gasteiger partial charge is 0.361 e. The molecule has 0 aliphatic rings. The third kappa shape index (κ3) is 3.06. The van der Waals surface area contributed by atoms with Crippen molar-refractivity contribution in [2.45, 2.75) is 6.42 Å². The molecule has 2 aromatic rings. The number of anilines is 2. The van der Waals surface area contributed by atoms with Gasteiger partial charge in [0.1, 0.15) is 11.3 Å². The molecule has 0 amide bonds. The van der Waals surface area contributed by atoms with Gasteiger partial charge in [-0.15, -0.1) is 0 Å². The van der Waals surface area contributed by atoms with Gasteiger partial charge < -0.3 is 20.4 Å². The maximum absolute atomic E-state index is 11.7. The fourth-order valence-corrected chi connectivity index (χ4v) is 2.01. The van der Waals surface area contributed by atoms with Gasteiger partial charge in [-0.25, -0.2) is 4.79 Å². The van der Waals surface area contributed by atoms with Gasteiger partial charge in [-0.1, -0.05) is 12.1 Å². The number of quaternary nitrogens is 1. The van der Waals surface area contributed by atoms with Crippen LogP contribution in [0.3, 0.4) is 0 Å². The zero-order chi connectivity index (χ0) is 13.8. The Morgan fingerprint density at radius 2 is 2.05 bits per heavy atom. The largest absolute Gasteiger partial charge is 0.421 e. The summed E-state index contributed by atoms with van der Waals surface area (Å²) in [6.07, 6.45) is 1.01. The molecule has 1 aromatic heterocycles. The fraction of sp³-hybridized carbons (Fsp3) is 0.357. The van der Waals surface area contributed by atoms with Gasteiger partial charge in [0.25, 0.3) is 0 Å². The number of nitrogen functional groups attached to an aromatic ring is 1. The summed E-state index contributed by atoms with van der Waals surface area (Å²) in [5.41, 5.74) is 6.72. The fourth-order valence-electron chi connectivity index (χ4n) is 2.01. The van der Waals surface area contributed by atoms with Crippen LogP contribution in [0, 0.1) is 0 Å². The molecule has 2 rings (SSSR count). The van der Waals surface area contributed by atoms with Crippen molar-refractivity contribution >= 4 is 22.3 Å². The zero-order valence-electron chi connectivity index (χ0n) is 11.3. The molecule has 0 unspecified atom stereocenters.